The van der Waals surface area contributed by atoms with E-state index >= 15 is 0 Å². The third-order valence-corrected chi connectivity index (χ3v) is 14.8. The fourth-order valence-corrected chi connectivity index (χ4v) is 11.7. The zero-order valence-corrected chi connectivity index (χ0v) is 34.7. The Morgan fingerprint density at radius 1 is 0.443 bits per heavy atom. The molecule has 0 amide bonds. The highest BCUT2D eigenvalue weighted by Crippen LogP contribution is 2.43. The van der Waals surface area contributed by atoms with E-state index < -0.39 is 0 Å². The molecule has 6 aromatic heterocycles. The van der Waals surface area contributed by atoms with Gasteiger partial charge < -0.3 is 0 Å². The third-order valence-electron chi connectivity index (χ3n) is 12.5. The third kappa shape index (κ3) is 5.63. The van der Waals surface area contributed by atoms with Crippen LogP contribution in [0.1, 0.15) is 29.7 Å². The van der Waals surface area contributed by atoms with Crippen LogP contribution in [0.3, 0.4) is 0 Å². The van der Waals surface area contributed by atoms with Crippen LogP contribution in [0.15, 0.2) is 164 Å². The Balaban J connectivity index is 0.832. The molecule has 0 N–H and O–H groups in total. The molecule has 6 aromatic carbocycles. The molecule has 6 heterocycles. The Hall–Kier alpha value is -7.12. The van der Waals surface area contributed by atoms with Crippen molar-refractivity contribution >= 4 is 103 Å². The van der Waals surface area contributed by atoms with Gasteiger partial charge in [-0.25, -0.2) is 9.97 Å². The van der Waals surface area contributed by atoms with Gasteiger partial charge in [-0.2, -0.15) is 0 Å². The number of thiophene rings is 2. The minimum Gasteiger partial charge on any atom is -0.253 e. The summed E-state index contributed by atoms with van der Waals surface area (Å²) < 4.78 is 3.94. The van der Waals surface area contributed by atoms with Gasteiger partial charge >= 0.3 is 0 Å². The summed E-state index contributed by atoms with van der Waals surface area (Å²) in [6.07, 6.45) is 9.65. The molecule has 0 aliphatic heterocycles. The molecule has 0 fully saturated rings. The maximum atomic E-state index is 5.25. The maximum absolute atomic E-state index is 5.25. The Morgan fingerprint density at radius 2 is 1.02 bits per heavy atom. The molecular formula is C55H34N4S2. The highest BCUT2D eigenvalue weighted by atomic mass is 32.1. The summed E-state index contributed by atoms with van der Waals surface area (Å²) in [5, 5.41) is 8.21. The first kappa shape index (κ1) is 34.7. The number of fused-ring (bicyclic) bond motifs is 12. The van der Waals surface area contributed by atoms with E-state index in [0.29, 0.717) is 5.92 Å². The molecule has 0 saturated heterocycles. The molecule has 0 spiro atoms. The Labute approximate surface area is 359 Å². The molecule has 1 unspecified atom stereocenters. The topological polar surface area (TPSA) is 51.6 Å². The summed E-state index contributed by atoms with van der Waals surface area (Å²) in [5.74, 6) is 0.522. The molecule has 13 rings (SSSR count). The van der Waals surface area contributed by atoms with Crippen LogP contribution in [0.2, 0.25) is 0 Å². The van der Waals surface area contributed by atoms with Crippen molar-refractivity contribution in [3.8, 4) is 44.8 Å². The summed E-state index contributed by atoms with van der Waals surface area (Å²) in [6, 6.07) is 52.5. The lowest BCUT2D eigenvalue weighted by atomic mass is 9.90. The first-order valence-corrected chi connectivity index (χ1v) is 22.4. The SMILES string of the molecule is CC1CC=Cc2sc3ccc(-c4ccc5ccc6cc(-c7cccc(-c8cnc9c(ccc%10ccc(-c%11ccc%12sc%13ccccc%13c%12c%11)nc%109)c8)c7)cnc6c5n4)cc3c21. The average molecular weight is 815 g/mol. The van der Waals surface area contributed by atoms with Crippen molar-refractivity contribution in [2.75, 3.05) is 0 Å². The second kappa shape index (κ2) is 13.4. The van der Waals surface area contributed by atoms with Crippen molar-refractivity contribution < 1.29 is 0 Å². The van der Waals surface area contributed by atoms with Gasteiger partial charge in [0.1, 0.15) is 0 Å². The van der Waals surface area contributed by atoms with Crippen LogP contribution in [0, 0.1) is 0 Å². The predicted molar refractivity (Wildman–Crippen MR) is 260 cm³/mol. The number of aromatic nitrogens is 4. The summed E-state index contributed by atoms with van der Waals surface area (Å²) in [5.41, 5.74) is 13.6. The monoisotopic (exact) mass is 814 g/mol. The van der Waals surface area contributed by atoms with Crippen LogP contribution in [0.4, 0.5) is 0 Å². The number of rotatable bonds is 4. The smallest absolute Gasteiger partial charge is 0.0972 e. The minimum atomic E-state index is 0.522. The minimum absolute atomic E-state index is 0.522. The largest absolute Gasteiger partial charge is 0.253 e. The van der Waals surface area contributed by atoms with Crippen LogP contribution >= 0.6 is 22.7 Å². The van der Waals surface area contributed by atoms with E-state index in [9.17, 15) is 0 Å². The van der Waals surface area contributed by atoms with Crippen molar-refractivity contribution in [3.05, 3.63) is 175 Å². The Bertz CT molecular complexity index is 3840. The average Bonchev–Trinajstić information content (AvgIpc) is 3.89. The van der Waals surface area contributed by atoms with E-state index in [1.807, 2.05) is 35.1 Å². The van der Waals surface area contributed by atoms with Crippen LogP contribution in [-0.4, -0.2) is 19.9 Å². The van der Waals surface area contributed by atoms with E-state index in [0.717, 1.165) is 94.8 Å². The second-order valence-electron chi connectivity index (χ2n) is 16.3. The van der Waals surface area contributed by atoms with E-state index in [1.165, 1.54) is 40.7 Å². The van der Waals surface area contributed by atoms with Crippen molar-refractivity contribution in [1.29, 1.82) is 0 Å². The summed E-state index contributed by atoms with van der Waals surface area (Å²) in [6.45, 7) is 2.33. The molecule has 4 nitrogen and oxygen atoms in total. The highest BCUT2D eigenvalue weighted by molar-refractivity contribution is 7.25. The van der Waals surface area contributed by atoms with Gasteiger partial charge in [0.15, 0.2) is 0 Å². The lowest BCUT2D eigenvalue weighted by Crippen LogP contribution is -1.96. The van der Waals surface area contributed by atoms with Crippen LogP contribution < -0.4 is 0 Å². The summed E-state index contributed by atoms with van der Waals surface area (Å²) >= 11 is 3.72. The van der Waals surface area contributed by atoms with Crippen LogP contribution in [0.5, 0.6) is 0 Å². The molecule has 12 aromatic rings. The lowest BCUT2D eigenvalue weighted by Gasteiger charge is -2.14. The van der Waals surface area contributed by atoms with Gasteiger partial charge in [0.05, 0.1) is 33.5 Å². The predicted octanol–water partition coefficient (Wildman–Crippen LogP) is 15.7. The molecule has 1 aliphatic carbocycles. The zero-order chi connectivity index (χ0) is 40.2. The Kier molecular flexibility index (Phi) is 7.65. The van der Waals surface area contributed by atoms with E-state index in [2.05, 4.69) is 165 Å². The van der Waals surface area contributed by atoms with Gasteiger partial charge in [0, 0.05) is 85.9 Å². The molecule has 0 saturated carbocycles. The van der Waals surface area contributed by atoms with Gasteiger partial charge in [-0.1, -0.05) is 97.9 Å². The fourth-order valence-electron chi connectivity index (χ4n) is 9.39. The standard InChI is InChI=1S/C55H34N4S2/c1-31-6-4-11-50-51(31)44-28-37(19-23-49(44)61-50)46-21-17-33-13-15-39-26-41(30-57-53(39)55(33)59-46)35-8-5-7-34(24-35)40-25-38-14-12-32-16-20-45(58-54(32)52(38)56-29-40)36-18-22-48-43(27-36)42-9-2-3-10-47(42)60-48/h2-5,7-31H,6H2,1H3. The van der Waals surface area contributed by atoms with Crippen molar-refractivity contribution in [1.82, 2.24) is 19.9 Å². The fraction of sp³-hybridized carbons (Fsp3) is 0.0545. The van der Waals surface area contributed by atoms with E-state index in [4.69, 9.17) is 19.9 Å². The lowest BCUT2D eigenvalue weighted by molar-refractivity contribution is 0.783. The normalized spacial score (nSPS) is 14.0. The summed E-state index contributed by atoms with van der Waals surface area (Å²) in [4.78, 5) is 22.0. The second-order valence-corrected chi connectivity index (χ2v) is 18.4. The number of hydrogen-bond donors (Lipinski definition) is 0. The van der Waals surface area contributed by atoms with Gasteiger partial charge in [-0.3, -0.25) is 9.97 Å². The quantitative estimate of drug-likeness (QED) is 0.166. The number of nitrogens with zero attached hydrogens (tertiary/aromatic N) is 4. The number of hydrogen-bond acceptors (Lipinski definition) is 6. The van der Waals surface area contributed by atoms with Crippen LogP contribution in [-0.2, 0) is 0 Å². The van der Waals surface area contributed by atoms with Crippen LogP contribution in [0.25, 0.3) is 125 Å². The zero-order valence-electron chi connectivity index (χ0n) is 33.1. The number of allylic oxidation sites excluding steroid dienone is 1. The van der Waals surface area contributed by atoms with Crippen molar-refractivity contribution in [2.24, 2.45) is 0 Å². The van der Waals surface area contributed by atoms with E-state index in [-0.39, 0.29) is 0 Å². The first-order chi connectivity index (χ1) is 30.1. The molecule has 0 bridgehead atoms. The first-order valence-electron chi connectivity index (χ1n) is 20.7. The number of benzene rings is 6. The molecule has 61 heavy (non-hydrogen) atoms. The van der Waals surface area contributed by atoms with Gasteiger partial charge in [0.25, 0.3) is 0 Å². The molecule has 1 aliphatic rings. The molecule has 0 radical (unpaired) electrons. The Morgan fingerprint density at radius 3 is 1.69 bits per heavy atom. The van der Waals surface area contributed by atoms with Gasteiger partial charge in [-0.15, -0.1) is 22.7 Å². The van der Waals surface area contributed by atoms with Gasteiger partial charge in [-0.05, 0) is 101 Å². The number of pyridine rings is 4. The maximum Gasteiger partial charge on any atom is 0.0972 e. The summed E-state index contributed by atoms with van der Waals surface area (Å²) in [7, 11) is 0. The molecule has 6 heteroatoms. The molecule has 286 valence electrons. The van der Waals surface area contributed by atoms with Crippen molar-refractivity contribution in [3.63, 3.8) is 0 Å². The molecule has 1 atom stereocenters. The van der Waals surface area contributed by atoms with Crippen molar-refractivity contribution in [2.45, 2.75) is 19.3 Å². The highest BCUT2D eigenvalue weighted by Gasteiger charge is 2.20. The van der Waals surface area contributed by atoms with E-state index in [1.54, 1.807) is 0 Å². The molecular weight excluding hydrogens is 781 g/mol. The van der Waals surface area contributed by atoms with Gasteiger partial charge in [0.2, 0.25) is 0 Å².